The Kier molecular flexibility index (Phi) is 5.07. The lowest BCUT2D eigenvalue weighted by Gasteiger charge is -2.12. The van der Waals surface area contributed by atoms with E-state index in [1.807, 2.05) is 53.9 Å². The third-order valence-electron chi connectivity index (χ3n) is 4.66. The van der Waals surface area contributed by atoms with Crippen LogP contribution in [0.15, 0.2) is 48.8 Å². The van der Waals surface area contributed by atoms with Crippen LogP contribution < -0.4 is 10.1 Å². The molecule has 0 bridgehead atoms. The van der Waals surface area contributed by atoms with Gasteiger partial charge in [0.15, 0.2) is 0 Å². The van der Waals surface area contributed by atoms with Crippen LogP contribution in [0.2, 0.25) is 0 Å². The maximum Gasteiger partial charge on any atom is 0.271 e. The zero-order valence-corrected chi connectivity index (χ0v) is 15.4. The largest absolute Gasteiger partial charge is 0.491 e. The Morgan fingerprint density at radius 3 is 3.15 bits per heavy atom. The maximum atomic E-state index is 12.4. The van der Waals surface area contributed by atoms with E-state index in [0.717, 1.165) is 42.0 Å². The first-order chi connectivity index (χ1) is 13.2. The number of fused-ring (bicyclic) bond motifs is 1. The van der Waals surface area contributed by atoms with Crippen LogP contribution in [0.4, 0.5) is 0 Å². The number of aryl methyl sites for hydroxylation is 1. The molecule has 27 heavy (non-hydrogen) atoms. The fourth-order valence-electron chi connectivity index (χ4n) is 3.18. The molecule has 1 amide bonds. The van der Waals surface area contributed by atoms with Gasteiger partial charge in [-0.2, -0.15) is 0 Å². The molecule has 1 atom stereocenters. The van der Waals surface area contributed by atoms with E-state index in [-0.39, 0.29) is 12.0 Å². The van der Waals surface area contributed by atoms with Crippen LogP contribution in [-0.2, 0) is 11.3 Å². The Bertz CT molecular complexity index is 945. The van der Waals surface area contributed by atoms with Crippen molar-refractivity contribution < 1.29 is 14.3 Å². The molecule has 6 nitrogen and oxygen atoms in total. The molecule has 3 heterocycles. The normalized spacial score (nSPS) is 16.6. The standard InChI is InChI=1S/C21H23N3O3/c1-15-7-8-24-13-19(23-20(24)10-15)21(25)22-12-16-4-2-5-17(11-16)27-14-18-6-3-9-26-18/h2,4-5,7-8,10-11,13,18H,3,6,9,12,14H2,1H3,(H,22,25). The van der Waals surface area contributed by atoms with Gasteiger partial charge in [0.1, 0.15) is 23.7 Å². The lowest BCUT2D eigenvalue weighted by molar-refractivity contribution is 0.0679. The summed E-state index contributed by atoms with van der Waals surface area (Å²) in [5.74, 6) is 0.600. The average Bonchev–Trinajstić information content (AvgIpc) is 3.34. The number of nitrogens with one attached hydrogen (secondary N) is 1. The SMILES string of the molecule is Cc1ccn2cc(C(=O)NCc3cccc(OCC4CCCO4)c3)nc2c1. The highest BCUT2D eigenvalue weighted by Gasteiger charge is 2.16. The molecule has 4 rings (SSSR count). The molecule has 140 valence electrons. The first-order valence-corrected chi connectivity index (χ1v) is 9.24. The summed E-state index contributed by atoms with van der Waals surface area (Å²) in [6.45, 7) is 3.81. The fourth-order valence-corrected chi connectivity index (χ4v) is 3.18. The van der Waals surface area contributed by atoms with Crippen molar-refractivity contribution in [1.29, 1.82) is 0 Å². The Labute approximate surface area is 158 Å². The summed E-state index contributed by atoms with van der Waals surface area (Å²) in [6.07, 6.45) is 5.98. The van der Waals surface area contributed by atoms with Crippen LogP contribution in [0.25, 0.3) is 5.65 Å². The maximum absolute atomic E-state index is 12.4. The van der Waals surface area contributed by atoms with E-state index in [1.54, 1.807) is 6.20 Å². The van der Waals surface area contributed by atoms with Gasteiger partial charge in [0, 0.05) is 25.5 Å². The van der Waals surface area contributed by atoms with Gasteiger partial charge in [0.2, 0.25) is 0 Å². The van der Waals surface area contributed by atoms with Crippen LogP contribution in [0, 0.1) is 6.92 Å². The van der Waals surface area contributed by atoms with Crippen LogP contribution in [0.1, 0.15) is 34.5 Å². The van der Waals surface area contributed by atoms with Crippen molar-refractivity contribution in [2.45, 2.75) is 32.4 Å². The molecule has 1 N–H and O–H groups in total. The van der Waals surface area contributed by atoms with Crippen molar-refractivity contribution in [3.8, 4) is 5.75 Å². The van der Waals surface area contributed by atoms with Gasteiger partial charge in [0.05, 0.1) is 6.10 Å². The predicted octanol–water partition coefficient (Wildman–Crippen LogP) is 3.13. The molecule has 1 aliphatic heterocycles. The highest BCUT2D eigenvalue weighted by molar-refractivity contribution is 5.92. The van der Waals surface area contributed by atoms with Crippen molar-refractivity contribution in [1.82, 2.24) is 14.7 Å². The average molecular weight is 365 g/mol. The Morgan fingerprint density at radius 1 is 1.37 bits per heavy atom. The fraction of sp³-hybridized carbons (Fsp3) is 0.333. The zero-order valence-electron chi connectivity index (χ0n) is 15.4. The molecule has 0 aliphatic carbocycles. The summed E-state index contributed by atoms with van der Waals surface area (Å²) < 4.78 is 13.2. The number of hydrogen-bond acceptors (Lipinski definition) is 4. The van der Waals surface area contributed by atoms with Crippen LogP contribution in [-0.4, -0.2) is 34.6 Å². The number of hydrogen-bond donors (Lipinski definition) is 1. The van der Waals surface area contributed by atoms with Gasteiger partial charge in [-0.3, -0.25) is 4.79 Å². The monoisotopic (exact) mass is 365 g/mol. The number of aromatic nitrogens is 2. The van der Waals surface area contributed by atoms with E-state index in [1.165, 1.54) is 0 Å². The molecule has 0 saturated carbocycles. The van der Waals surface area contributed by atoms with Crippen molar-refractivity contribution in [3.05, 3.63) is 65.6 Å². The van der Waals surface area contributed by atoms with Gasteiger partial charge in [0.25, 0.3) is 5.91 Å². The number of amides is 1. The van der Waals surface area contributed by atoms with E-state index < -0.39 is 0 Å². The first-order valence-electron chi connectivity index (χ1n) is 9.24. The van der Waals surface area contributed by atoms with Crippen molar-refractivity contribution in [3.63, 3.8) is 0 Å². The third kappa shape index (κ3) is 4.28. The number of nitrogens with zero attached hydrogens (tertiary/aromatic N) is 2. The molecule has 1 aliphatic rings. The van der Waals surface area contributed by atoms with E-state index in [0.29, 0.717) is 18.8 Å². The molecule has 1 aromatic carbocycles. The van der Waals surface area contributed by atoms with E-state index >= 15 is 0 Å². The quantitative estimate of drug-likeness (QED) is 0.729. The summed E-state index contributed by atoms with van der Waals surface area (Å²) in [7, 11) is 0. The summed E-state index contributed by atoms with van der Waals surface area (Å²) in [5.41, 5.74) is 3.27. The number of carbonyl (C=O) groups excluding carboxylic acids is 1. The minimum atomic E-state index is -0.193. The van der Waals surface area contributed by atoms with Gasteiger partial charge in [-0.15, -0.1) is 0 Å². The lowest BCUT2D eigenvalue weighted by atomic mass is 10.2. The number of carbonyl (C=O) groups is 1. The van der Waals surface area contributed by atoms with E-state index in [9.17, 15) is 4.79 Å². The van der Waals surface area contributed by atoms with Gasteiger partial charge >= 0.3 is 0 Å². The second-order valence-corrected chi connectivity index (χ2v) is 6.87. The van der Waals surface area contributed by atoms with Crippen molar-refractivity contribution in [2.24, 2.45) is 0 Å². The molecule has 0 radical (unpaired) electrons. The number of benzene rings is 1. The first kappa shape index (κ1) is 17.5. The molecular formula is C21H23N3O3. The molecule has 1 fully saturated rings. The van der Waals surface area contributed by atoms with Crippen molar-refractivity contribution in [2.75, 3.05) is 13.2 Å². The minimum absolute atomic E-state index is 0.187. The van der Waals surface area contributed by atoms with Crippen LogP contribution in [0.5, 0.6) is 5.75 Å². The Hall–Kier alpha value is -2.86. The second kappa shape index (κ2) is 7.80. The van der Waals surface area contributed by atoms with Gasteiger partial charge in [-0.25, -0.2) is 4.98 Å². The third-order valence-corrected chi connectivity index (χ3v) is 4.66. The summed E-state index contributed by atoms with van der Waals surface area (Å²) in [6, 6.07) is 11.7. The highest BCUT2D eigenvalue weighted by atomic mass is 16.5. The molecule has 1 unspecified atom stereocenters. The smallest absolute Gasteiger partial charge is 0.271 e. The van der Waals surface area contributed by atoms with E-state index in [4.69, 9.17) is 9.47 Å². The minimum Gasteiger partial charge on any atom is -0.491 e. The number of pyridine rings is 1. The summed E-state index contributed by atoms with van der Waals surface area (Å²) >= 11 is 0. The van der Waals surface area contributed by atoms with Crippen LogP contribution in [0.3, 0.4) is 0 Å². The zero-order chi connectivity index (χ0) is 18.6. The topological polar surface area (TPSA) is 64.9 Å². The number of ether oxygens (including phenoxy) is 2. The molecular weight excluding hydrogens is 342 g/mol. The van der Waals surface area contributed by atoms with Gasteiger partial charge < -0.3 is 19.2 Å². The summed E-state index contributed by atoms with van der Waals surface area (Å²) in [4.78, 5) is 16.8. The highest BCUT2D eigenvalue weighted by Crippen LogP contribution is 2.17. The number of rotatable bonds is 6. The molecule has 1 saturated heterocycles. The predicted molar refractivity (Wildman–Crippen MR) is 102 cm³/mol. The number of imidazole rings is 1. The summed E-state index contributed by atoms with van der Waals surface area (Å²) in [5, 5.41) is 2.92. The van der Waals surface area contributed by atoms with Crippen LogP contribution >= 0.6 is 0 Å². The Morgan fingerprint density at radius 2 is 2.30 bits per heavy atom. The molecule has 2 aromatic heterocycles. The molecule has 6 heteroatoms. The van der Waals surface area contributed by atoms with E-state index in [2.05, 4.69) is 10.3 Å². The lowest BCUT2D eigenvalue weighted by Crippen LogP contribution is -2.23. The van der Waals surface area contributed by atoms with Gasteiger partial charge in [-0.05, 0) is 55.2 Å². The van der Waals surface area contributed by atoms with Gasteiger partial charge in [-0.1, -0.05) is 12.1 Å². The second-order valence-electron chi connectivity index (χ2n) is 6.87. The Balaban J connectivity index is 1.35. The van der Waals surface area contributed by atoms with Crippen molar-refractivity contribution >= 4 is 11.6 Å². The molecule has 0 spiro atoms. The molecule has 3 aromatic rings.